The minimum atomic E-state index is 0.0679. The Morgan fingerprint density at radius 3 is 2.67 bits per heavy atom. The molecular weight excluding hydrogens is 338 g/mol. The lowest BCUT2D eigenvalue weighted by Gasteiger charge is -2.24. The van der Waals surface area contributed by atoms with Gasteiger partial charge < -0.3 is 4.90 Å². The SMILES string of the molecule is CCCCN(Cc1ccccc1)c1csc2ccc(Cl)cc2c1=O. The Balaban J connectivity index is 2.02. The molecule has 1 aromatic heterocycles. The fourth-order valence-electron chi connectivity index (χ4n) is 2.75. The molecular formula is C20H20ClNOS. The van der Waals surface area contributed by atoms with Gasteiger partial charge in [0.25, 0.3) is 0 Å². The molecule has 2 nitrogen and oxygen atoms in total. The van der Waals surface area contributed by atoms with Gasteiger partial charge in [-0.3, -0.25) is 4.79 Å². The van der Waals surface area contributed by atoms with Gasteiger partial charge in [-0.1, -0.05) is 55.3 Å². The average Bonchev–Trinajstić information content (AvgIpc) is 2.60. The molecule has 1 heterocycles. The standard InChI is InChI=1S/C20H20ClNOS/c1-2-3-11-22(13-15-7-5-4-6-8-15)18-14-24-19-10-9-16(21)12-17(19)20(18)23/h4-10,12,14H,2-3,11,13H2,1H3. The normalized spacial score (nSPS) is 10.9. The Morgan fingerprint density at radius 2 is 1.92 bits per heavy atom. The first kappa shape index (κ1) is 17.0. The van der Waals surface area contributed by atoms with E-state index in [-0.39, 0.29) is 5.43 Å². The summed E-state index contributed by atoms with van der Waals surface area (Å²) in [6.45, 7) is 3.79. The number of rotatable bonds is 6. The van der Waals surface area contributed by atoms with Gasteiger partial charge in [0, 0.05) is 33.6 Å². The molecule has 0 N–H and O–H groups in total. The molecule has 0 amide bonds. The van der Waals surface area contributed by atoms with E-state index in [0.29, 0.717) is 10.4 Å². The van der Waals surface area contributed by atoms with E-state index in [2.05, 4.69) is 24.0 Å². The number of hydrogen-bond donors (Lipinski definition) is 0. The Labute approximate surface area is 151 Å². The summed E-state index contributed by atoms with van der Waals surface area (Å²) in [5.74, 6) is 0. The fraction of sp³-hybridized carbons (Fsp3) is 0.250. The lowest BCUT2D eigenvalue weighted by molar-refractivity contribution is 0.715. The van der Waals surface area contributed by atoms with E-state index in [1.165, 1.54) is 5.56 Å². The molecule has 0 aliphatic rings. The van der Waals surface area contributed by atoms with Gasteiger partial charge in [-0.2, -0.15) is 0 Å². The maximum Gasteiger partial charge on any atom is 0.211 e. The van der Waals surface area contributed by atoms with Crippen LogP contribution in [0.2, 0.25) is 5.02 Å². The van der Waals surface area contributed by atoms with E-state index >= 15 is 0 Å². The molecule has 0 fully saturated rings. The summed E-state index contributed by atoms with van der Waals surface area (Å²) in [7, 11) is 0. The smallest absolute Gasteiger partial charge is 0.211 e. The molecule has 0 aliphatic carbocycles. The zero-order valence-electron chi connectivity index (χ0n) is 13.7. The molecule has 0 bridgehead atoms. The second kappa shape index (κ2) is 7.82. The number of halogens is 1. The predicted octanol–water partition coefficient (Wildman–Crippen LogP) is 5.72. The minimum Gasteiger partial charge on any atom is -0.363 e. The number of benzene rings is 2. The van der Waals surface area contributed by atoms with Gasteiger partial charge in [0.05, 0.1) is 5.69 Å². The number of unbranched alkanes of at least 4 members (excludes halogenated alkanes) is 1. The number of nitrogens with zero attached hydrogens (tertiary/aromatic N) is 1. The summed E-state index contributed by atoms with van der Waals surface area (Å²) >= 11 is 7.69. The zero-order chi connectivity index (χ0) is 16.9. The average molecular weight is 358 g/mol. The lowest BCUT2D eigenvalue weighted by Crippen LogP contribution is -2.28. The molecule has 3 aromatic rings. The van der Waals surface area contributed by atoms with E-state index < -0.39 is 0 Å². The molecule has 4 heteroatoms. The van der Waals surface area contributed by atoms with Gasteiger partial charge in [-0.25, -0.2) is 0 Å². The van der Waals surface area contributed by atoms with Crippen LogP contribution < -0.4 is 10.3 Å². The van der Waals surface area contributed by atoms with Crippen LogP contribution in [-0.2, 0) is 6.54 Å². The van der Waals surface area contributed by atoms with Crippen molar-refractivity contribution in [2.24, 2.45) is 0 Å². The molecule has 0 radical (unpaired) electrons. The van der Waals surface area contributed by atoms with Gasteiger partial charge >= 0.3 is 0 Å². The van der Waals surface area contributed by atoms with Gasteiger partial charge in [0.1, 0.15) is 0 Å². The van der Waals surface area contributed by atoms with Crippen molar-refractivity contribution in [2.75, 3.05) is 11.4 Å². The summed E-state index contributed by atoms with van der Waals surface area (Å²) in [5.41, 5.74) is 2.05. The van der Waals surface area contributed by atoms with Crippen molar-refractivity contribution in [3.05, 3.63) is 74.7 Å². The van der Waals surface area contributed by atoms with Crippen molar-refractivity contribution in [1.82, 2.24) is 0 Å². The fourth-order valence-corrected chi connectivity index (χ4v) is 3.84. The Hall–Kier alpha value is -1.84. The number of fused-ring (bicyclic) bond motifs is 1. The molecule has 0 aliphatic heterocycles. The van der Waals surface area contributed by atoms with Crippen molar-refractivity contribution >= 4 is 38.7 Å². The molecule has 0 atom stereocenters. The maximum atomic E-state index is 13.0. The van der Waals surface area contributed by atoms with E-state index in [1.807, 2.05) is 35.7 Å². The number of hydrogen-bond acceptors (Lipinski definition) is 3. The molecule has 2 aromatic carbocycles. The van der Waals surface area contributed by atoms with Gasteiger partial charge in [-0.15, -0.1) is 11.3 Å². The quantitative estimate of drug-likeness (QED) is 0.562. The van der Waals surface area contributed by atoms with Crippen LogP contribution in [0.5, 0.6) is 0 Å². The molecule has 0 saturated heterocycles. The van der Waals surface area contributed by atoms with Crippen molar-refractivity contribution in [3.63, 3.8) is 0 Å². The van der Waals surface area contributed by atoms with Crippen LogP contribution in [0.15, 0.2) is 58.7 Å². The highest BCUT2D eigenvalue weighted by atomic mass is 35.5. The van der Waals surface area contributed by atoms with E-state index in [0.717, 1.165) is 36.3 Å². The summed E-state index contributed by atoms with van der Waals surface area (Å²) in [4.78, 5) is 15.2. The van der Waals surface area contributed by atoms with Gasteiger partial charge in [-0.05, 0) is 30.2 Å². The van der Waals surface area contributed by atoms with E-state index in [1.54, 1.807) is 17.4 Å². The third kappa shape index (κ3) is 3.80. The zero-order valence-corrected chi connectivity index (χ0v) is 15.2. The summed E-state index contributed by atoms with van der Waals surface area (Å²) in [6, 6.07) is 15.8. The van der Waals surface area contributed by atoms with Crippen LogP contribution in [0.25, 0.3) is 10.1 Å². The van der Waals surface area contributed by atoms with E-state index in [4.69, 9.17) is 11.6 Å². The summed E-state index contributed by atoms with van der Waals surface area (Å²) < 4.78 is 0.975. The summed E-state index contributed by atoms with van der Waals surface area (Å²) in [6.07, 6.45) is 2.16. The molecule has 3 rings (SSSR count). The maximum absolute atomic E-state index is 13.0. The third-order valence-corrected chi connectivity index (χ3v) is 5.24. The van der Waals surface area contributed by atoms with Crippen LogP contribution in [0, 0.1) is 0 Å². The molecule has 0 saturated carbocycles. The second-order valence-corrected chi connectivity index (χ2v) is 7.20. The van der Waals surface area contributed by atoms with Gasteiger partial charge in [0.15, 0.2) is 0 Å². The Morgan fingerprint density at radius 1 is 1.12 bits per heavy atom. The van der Waals surface area contributed by atoms with Crippen molar-refractivity contribution in [3.8, 4) is 0 Å². The highest BCUT2D eigenvalue weighted by molar-refractivity contribution is 7.16. The van der Waals surface area contributed by atoms with Crippen molar-refractivity contribution in [2.45, 2.75) is 26.3 Å². The van der Waals surface area contributed by atoms with Crippen molar-refractivity contribution < 1.29 is 0 Å². The van der Waals surface area contributed by atoms with Crippen LogP contribution >= 0.6 is 22.9 Å². The number of anilines is 1. The van der Waals surface area contributed by atoms with Crippen LogP contribution in [0.4, 0.5) is 5.69 Å². The Bertz CT molecular complexity index is 876. The van der Waals surface area contributed by atoms with E-state index in [9.17, 15) is 4.79 Å². The first-order valence-electron chi connectivity index (χ1n) is 8.19. The molecule has 24 heavy (non-hydrogen) atoms. The van der Waals surface area contributed by atoms with Gasteiger partial charge in [0.2, 0.25) is 5.43 Å². The second-order valence-electron chi connectivity index (χ2n) is 5.85. The molecule has 0 spiro atoms. The lowest BCUT2D eigenvalue weighted by atomic mass is 10.1. The van der Waals surface area contributed by atoms with Crippen molar-refractivity contribution in [1.29, 1.82) is 0 Å². The molecule has 124 valence electrons. The molecule has 0 unspecified atom stereocenters. The topological polar surface area (TPSA) is 20.3 Å². The minimum absolute atomic E-state index is 0.0679. The summed E-state index contributed by atoms with van der Waals surface area (Å²) in [5, 5.41) is 3.30. The highest BCUT2D eigenvalue weighted by Crippen LogP contribution is 2.25. The largest absolute Gasteiger partial charge is 0.363 e. The van der Waals surface area contributed by atoms with Crippen LogP contribution in [0.3, 0.4) is 0 Å². The third-order valence-electron chi connectivity index (χ3n) is 4.05. The van der Waals surface area contributed by atoms with Crippen LogP contribution in [0.1, 0.15) is 25.3 Å². The van der Waals surface area contributed by atoms with Crippen LogP contribution in [-0.4, -0.2) is 6.54 Å². The highest BCUT2D eigenvalue weighted by Gasteiger charge is 2.13. The Kier molecular flexibility index (Phi) is 5.54. The monoisotopic (exact) mass is 357 g/mol. The predicted molar refractivity (Wildman–Crippen MR) is 106 cm³/mol. The first-order chi connectivity index (χ1) is 11.7. The first-order valence-corrected chi connectivity index (χ1v) is 9.44.